The van der Waals surface area contributed by atoms with Gasteiger partial charge in [-0.15, -0.1) is 0 Å². The van der Waals surface area contributed by atoms with Gasteiger partial charge in [0, 0.05) is 31.1 Å². The van der Waals surface area contributed by atoms with Gasteiger partial charge in [-0.05, 0) is 18.9 Å². The molecule has 106 valence electrons. The lowest BCUT2D eigenvalue weighted by Gasteiger charge is -2.24. The summed E-state index contributed by atoms with van der Waals surface area (Å²) in [6, 6.07) is 0. The Balaban J connectivity index is 2.68. The van der Waals surface area contributed by atoms with Crippen LogP contribution in [0.4, 0.5) is 4.39 Å². The molecule has 0 spiro atoms. The highest BCUT2D eigenvalue weighted by molar-refractivity contribution is 6.65. The summed E-state index contributed by atoms with van der Waals surface area (Å²) in [5.41, 5.74) is 1.77. The minimum Gasteiger partial charge on any atom is -0.367 e. The zero-order valence-electron chi connectivity index (χ0n) is 11.2. The van der Waals surface area contributed by atoms with Gasteiger partial charge in [0.15, 0.2) is 0 Å². The SMILES string of the molecule is CCC(Cl)=N/C=C(\C)CN(CCF)C1=CC(=O)NC1. The number of carbonyl (C=O) groups excluding carboxylic acids is 1. The Morgan fingerprint density at radius 2 is 2.42 bits per heavy atom. The third-order valence-corrected chi connectivity index (χ3v) is 3.02. The Bertz CT molecular complexity index is 418. The monoisotopic (exact) mass is 287 g/mol. The van der Waals surface area contributed by atoms with E-state index in [0.29, 0.717) is 24.7 Å². The topological polar surface area (TPSA) is 44.7 Å². The van der Waals surface area contributed by atoms with E-state index < -0.39 is 6.67 Å². The second kappa shape index (κ2) is 7.94. The van der Waals surface area contributed by atoms with Crippen molar-refractivity contribution in [3.8, 4) is 0 Å². The maximum atomic E-state index is 12.6. The maximum absolute atomic E-state index is 12.6. The first-order chi connectivity index (χ1) is 9.06. The minimum absolute atomic E-state index is 0.132. The third-order valence-electron chi connectivity index (χ3n) is 2.66. The van der Waals surface area contributed by atoms with Crippen LogP contribution in [0.1, 0.15) is 20.3 Å². The van der Waals surface area contributed by atoms with Crippen molar-refractivity contribution in [1.29, 1.82) is 0 Å². The van der Waals surface area contributed by atoms with Gasteiger partial charge < -0.3 is 10.2 Å². The van der Waals surface area contributed by atoms with E-state index in [2.05, 4.69) is 10.3 Å². The van der Waals surface area contributed by atoms with E-state index in [1.807, 2.05) is 18.7 Å². The summed E-state index contributed by atoms with van der Waals surface area (Å²) in [6.45, 7) is 4.60. The smallest absolute Gasteiger partial charge is 0.246 e. The average molecular weight is 288 g/mol. The van der Waals surface area contributed by atoms with E-state index in [-0.39, 0.29) is 12.5 Å². The molecule has 0 saturated heterocycles. The molecule has 1 rings (SSSR count). The summed E-state index contributed by atoms with van der Waals surface area (Å²) in [5, 5.41) is 3.21. The summed E-state index contributed by atoms with van der Waals surface area (Å²) in [7, 11) is 0. The summed E-state index contributed by atoms with van der Waals surface area (Å²) in [5.74, 6) is -0.132. The molecule has 6 heteroatoms. The molecule has 1 heterocycles. The zero-order chi connectivity index (χ0) is 14.3. The minimum atomic E-state index is -0.461. The first kappa shape index (κ1) is 15.7. The number of hydrogen-bond donors (Lipinski definition) is 1. The normalized spacial score (nSPS) is 16.4. The molecule has 0 radical (unpaired) electrons. The molecule has 1 aliphatic heterocycles. The van der Waals surface area contributed by atoms with E-state index in [4.69, 9.17) is 11.6 Å². The predicted octanol–water partition coefficient (Wildman–Crippen LogP) is 2.22. The molecule has 1 aliphatic rings. The van der Waals surface area contributed by atoms with Crippen molar-refractivity contribution in [3.05, 3.63) is 23.5 Å². The Morgan fingerprint density at radius 3 is 2.95 bits per heavy atom. The van der Waals surface area contributed by atoms with Crippen molar-refractivity contribution in [2.45, 2.75) is 20.3 Å². The van der Waals surface area contributed by atoms with Crippen LogP contribution in [0.2, 0.25) is 0 Å². The number of hydrogen-bond acceptors (Lipinski definition) is 3. The molecule has 0 fully saturated rings. The van der Waals surface area contributed by atoms with Crippen LogP contribution in [0.3, 0.4) is 0 Å². The lowest BCUT2D eigenvalue weighted by atomic mass is 10.2. The molecule has 0 unspecified atom stereocenters. The summed E-state index contributed by atoms with van der Waals surface area (Å²) in [4.78, 5) is 17.1. The van der Waals surface area contributed by atoms with Crippen molar-refractivity contribution < 1.29 is 9.18 Å². The van der Waals surface area contributed by atoms with Gasteiger partial charge in [-0.1, -0.05) is 18.5 Å². The van der Waals surface area contributed by atoms with Crippen molar-refractivity contribution in [2.24, 2.45) is 4.99 Å². The fourth-order valence-corrected chi connectivity index (χ4v) is 1.72. The number of alkyl halides is 1. The molecule has 0 aromatic heterocycles. The van der Waals surface area contributed by atoms with Crippen LogP contribution in [-0.4, -0.2) is 42.3 Å². The lowest BCUT2D eigenvalue weighted by Crippen LogP contribution is -2.29. The number of halogens is 2. The van der Waals surface area contributed by atoms with Crippen LogP contribution in [0.15, 0.2) is 28.5 Å². The van der Waals surface area contributed by atoms with Crippen molar-refractivity contribution in [1.82, 2.24) is 10.2 Å². The highest BCUT2D eigenvalue weighted by atomic mass is 35.5. The quantitative estimate of drug-likeness (QED) is 0.730. The highest BCUT2D eigenvalue weighted by Gasteiger charge is 2.17. The maximum Gasteiger partial charge on any atom is 0.246 e. The predicted molar refractivity (Wildman–Crippen MR) is 76.0 cm³/mol. The highest BCUT2D eigenvalue weighted by Crippen LogP contribution is 2.11. The second-order valence-corrected chi connectivity index (χ2v) is 4.73. The van der Waals surface area contributed by atoms with Gasteiger partial charge in [-0.25, -0.2) is 9.38 Å². The van der Waals surface area contributed by atoms with Gasteiger partial charge in [0.05, 0.1) is 6.54 Å². The largest absolute Gasteiger partial charge is 0.367 e. The van der Waals surface area contributed by atoms with Crippen molar-refractivity contribution in [2.75, 3.05) is 26.3 Å². The van der Waals surface area contributed by atoms with E-state index in [1.165, 1.54) is 6.08 Å². The van der Waals surface area contributed by atoms with Gasteiger partial charge in [-0.2, -0.15) is 0 Å². The number of rotatable bonds is 7. The van der Waals surface area contributed by atoms with Gasteiger partial charge in [0.1, 0.15) is 11.8 Å². The first-order valence-corrected chi connectivity index (χ1v) is 6.61. The number of nitrogens with zero attached hydrogens (tertiary/aromatic N) is 2. The average Bonchev–Trinajstić information content (AvgIpc) is 2.82. The van der Waals surface area contributed by atoms with Crippen LogP contribution in [0.25, 0.3) is 0 Å². The van der Waals surface area contributed by atoms with Gasteiger partial charge in [0.2, 0.25) is 5.91 Å². The Labute approximate surface area is 118 Å². The summed E-state index contributed by atoms with van der Waals surface area (Å²) < 4.78 is 12.6. The lowest BCUT2D eigenvalue weighted by molar-refractivity contribution is -0.115. The van der Waals surface area contributed by atoms with E-state index in [1.54, 1.807) is 6.20 Å². The van der Waals surface area contributed by atoms with Crippen LogP contribution in [-0.2, 0) is 4.79 Å². The van der Waals surface area contributed by atoms with Crippen LogP contribution < -0.4 is 5.32 Å². The van der Waals surface area contributed by atoms with Crippen molar-refractivity contribution in [3.63, 3.8) is 0 Å². The fraction of sp³-hybridized carbons (Fsp3) is 0.538. The summed E-state index contributed by atoms with van der Waals surface area (Å²) in [6.07, 6.45) is 3.87. The molecule has 0 atom stereocenters. The number of nitrogens with one attached hydrogen (secondary N) is 1. The van der Waals surface area contributed by atoms with E-state index in [9.17, 15) is 9.18 Å². The van der Waals surface area contributed by atoms with Crippen LogP contribution in [0, 0.1) is 0 Å². The Kier molecular flexibility index (Phi) is 6.56. The van der Waals surface area contributed by atoms with Gasteiger partial charge in [-0.3, -0.25) is 4.79 Å². The van der Waals surface area contributed by atoms with Crippen LogP contribution >= 0.6 is 11.6 Å². The summed E-state index contributed by atoms with van der Waals surface area (Å²) >= 11 is 5.82. The Hall–Kier alpha value is -1.36. The first-order valence-electron chi connectivity index (χ1n) is 6.24. The fourth-order valence-electron chi connectivity index (χ4n) is 1.67. The molecule has 1 N–H and O–H groups in total. The van der Waals surface area contributed by atoms with Gasteiger partial charge >= 0.3 is 0 Å². The number of amides is 1. The molecule has 0 bridgehead atoms. The molecular formula is C13H19ClFN3O. The second-order valence-electron chi connectivity index (χ2n) is 4.30. The number of carbonyl (C=O) groups is 1. The zero-order valence-corrected chi connectivity index (χ0v) is 12.0. The molecule has 0 aromatic rings. The molecule has 0 aromatic carbocycles. The molecular weight excluding hydrogens is 269 g/mol. The van der Waals surface area contributed by atoms with E-state index in [0.717, 1.165) is 11.3 Å². The van der Waals surface area contributed by atoms with E-state index >= 15 is 0 Å². The molecule has 0 aliphatic carbocycles. The van der Waals surface area contributed by atoms with Gasteiger partial charge in [0.25, 0.3) is 0 Å². The molecule has 0 saturated carbocycles. The molecule has 1 amide bonds. The standard InChI is InChI=1S/C13H19ClFN3O/c1-3-12(14)16-7-10(2)9-18(5-4-15)11-6-13(19)17-8-11/h6-7H,3-5,8-9H2,1-2H3,(H,17,19)/b10-7+,16-12?. The van der Waals surface area contributed by atoms with Crippen molar-refractivity contribution >= 4 is 22.7 Å². The Morgan fingerprint density at radius 1 is 1.68 bits per heavy atom. The molecule has 19 heavy (non-hydrogen) atoms. The number of aliphatic imine (C=N–C) groups is 1. The molecule has 4 nitrogen and oxygen atoms in total. The van der Waals surface area contributed by atoms with Crippen LogP contribution in [0.5, 0.6) is 0 Å². The third kappa shape index (κ3) is 5.42.